The van der Waals surface area contributed by atoms with Gasteiger partial charge in [0.15, 0.2) is 0 Å². The first-order valence-corrected chi connectivity index (χ1v) is 22.3. The summed E-state index contributed by atoms with van der Waals surface area (Å²) in [5, 5.41) is 5.60. The molecule has 0 bridgehead atoms. The summed E-state index contributed by atoms with van der Waals surface area (Å²) in [4.78, 5) is 3.49. The number of hydrogen-bond donors (Lipinski definition) is 0. The lowest BCUT2D eigenvalue weighted by molar-refractivity contribution is 0.594. The lowest BCUT2D eigenvalue weighted by Gasteiger charge is -2.26. The lowest BCUT2D eigenvalue weighted by atomic mass is 9.85. The van der Waals surface area contributed by atoms with E-state index < -0.39 is 47.1 Å². The Labute approximate surface area is 401 Å². The highest BCUT2D eigenvalue weighted by molar-refractivity contribution is 6.32. The third-order valence-electron chi connectivity index (χ3n) is 13.3. The third kappa shape index (κ3) is 5.39. The molecule has 0 saturated carbocycles. The van der Waals surface area contributed by atoms with Crippen LogP contribution in [0.2, 0.25) is 0 Å². The zero-order valence-corrected chi connectivity index (χ0v) is 37.3. The molecule has 0 aliphatic rings. The smallest absolute Gasteiger partial charge is 0.0653 e. The van der Waals surface area contributed by atoms with Crippen LogP contribution in [0.15, 0.2) is 194 Å². The van der Waals surface area contributed by atoms with Gasteiger partial charge in [0.1, 0.15) is 0 Å². The van der Waals surface area contributed by atoms with Gasteiger partial charge in [0.05, 0.1) is 60.9 Å². The molecule has 0 radical (unpaired) electrons. The lowest BCUT2D eigenvalue weighted by Crippen LogP contribution is -2.12. The van der Waals surface area contributed by atoms with Gasteiger partial charge in [0, 0.05) is 65.8 Å². The van der Waals surface area contributed by atoms with Crippen molar-refractivity contribution in [3.05, 3.63) is 205 Å². The molecule has 4 nitrogen and oxygen atoms in total. The fourth-order valence-electron chi connectivity index (χ4n) is 10.6. The number of anilines is 6. The van der Waals surface area contributed by atoms with Crippen molar-refractivity contribution in [2.45, 2.75) is 52.4 Å². The average Bonchev–Trinajstić information content (AvgIpc) is 4.33. The number of nitrogens with zero attached hydrogens (tertiary/aromatic N) is 4. The second-order valence-corrected chi connectivity index (χ2v) is 19.3. The van der Waals surface area contributed by atoms with E-state index in [0.717, 1.165) is 54.7 Å². The fourth-order valence-corrected chi connectivity index (χ4v) is 10.6. The van der Waals surface area contributed by atoms with Crippen LogP contribution in [0.25, 0.3) is 76.2 Å². The fraction of sp³-hybridized carbons (Fsp3) is 0.129. The van der Waals surface area contributed by atoms with Gasteiger partial charge in [0.25, 0.3) is 0 Å². The van der Waals surface area contributed by atoms with Gasteiger partial charge in [-0.3, -0.25) is 0 Å². The van der Waals surface area contributed by atoms with Crippen LogP contribution >= 0.6 is 0 Å². The number of benzene rings is 9. The van der Waals surface area contributed by atoms with E-state index in [1.165, 1.54) is 0 Å². The molecular weight excluding hydrogens is 801 g/mol. The topological polar surface area (TPSA) is 15.3 Å². The maximum absolute atomic E-state index is 10.8. The summed E-state index contributed by atoms with van der Waals surface area (Å²) in [6, 6.07) is 34.6. The molecule has 0 atom stereocenters. The van der Waals surface area contributed by atoms with Gasteiger partial charge in [-0.1, -0.05) is 163 Å². The van der Waals surface area contributed by atoms with Crippen molar-refractivity contribution in [2.24, 2.45) is 0 Å². The van der Waals surface area contributed by atoms with E-state index in [0.29, 0.717) is 55.3 Å². The predicted molar refractivity (Wildman–Crippen MR) is 283 cm³/mol. The van der Waals surface area contributed by atoms with Gasteiger partial charge < -0.3 is 18.6 Å². The molecule has 0 N–H and O–H groups in total. The second kappa shape index (κ2) is 13.8. The van der Waals surface area contributed by atoms with Crippen molar-refractivity contribution in [1.29, 1.82) is 0 Å². The van der Waals surface area contributed by atoms with E-state index in [1.807, 2.05) is 109 Å². The van der Waals surface area contributed by atoms with Crippen molar-refractivity contribution in [2.75, 3.05) is 9.80 Å². The first-order chi connectivity index (χ1) is 37.1. The number of fused-ring (bicyclic) bond motifs is 12. The zero-order valence-electron chi connectivity index (χ0n) is 49.3. The Morgan fingerprint density at radius 1 is 0.364 bits per heavy atom. The molecule has 0 fully saturated rings. The highest BCUT2D eigenvalue weighted by Gasteiger charge is 2.31. The first-order valence-electron chi connectivity index (χ1n) is 28.3. The molecule has 0 aliphatic heterocycles. The van der Waals surface area contributed by atoms with E-state index >= 15 is 0 Å². The van der Waals surface area contributed by atoms with Crippen molar-refractivity contribution in [1.82, 2.24) is 8.80 Å². The molecule has 66 heavy (non-hydrogen) atoms. The maximum Gasteiger partial charge on any atom is 0.0653 e. The van der Waals surface area contributed by atoms with Crippen molar-refractivity contribution < 1.29 is 16.4 Å². The molecular formula is C62H50N4. The van der Waals surface area contributed by atoms with Gasteiger partial charge in [0.2, 0.25) is 0 Å². The second-order valence-electron chi connectivity index (χ2n) is 19.3. The summed E-state index contributed by atoms with van der Waals surface area (Å²) in [5.41, 5.74) is 7.45. The Hall–Kier alpha value is -7.82. The summed E-state index contributed by atoms with van der Waals surface area (Å²) in [6.07, 6.45) is 0. The van der Waals surface area contributed by atoms with E-state index in [1.54, 1.807) is 9.80 Å². The van der Waals surface area contributed by atoms with Crippen molar-refractivity contribution >= 4 is 110 Å². The van der Waals surface area contributed by atoms with E-state index in [9.17, 15) is 8.22 Å². The molecule has 0 saturated heterocycles. The normalized spacial score (nSPS) is 15.2. The zero-order chi connectivity index (χ0) is 55.1. The predicted octanol–water partition coefficient (Wildman–Crippen LogP) is 17.5. The molecule has 9 aromatic carbocycles. The van der Waals surface area contributed by atoms with Crippen molar-refractivity contribution in [3.8, 4) is 0 Å². The summed E-state index contributed by atoms with van der Waals surface area (Å²) >= 11 is 0. The summed E-state index contributed by atoms with van der Waals surface area (Å²) in [7, 11) is 0. The standard InChI is InChI=1S/C62H50N4/c1-61(2,3)49-31-19-29-45-55-51(63(39-21-11-7-12-22-39)40-23-13-8-14-24-40)35-33-43-47-38-54-48(37-53(47)65(57(45)49)59(43)55)44-34-36-52(64(41-25-15-9-16-26-41)42-27-17-10-18-28-42)56-46-30-20-32-50(62(4,5)6)58(46)66(54)60(44)56/h7-38H,1-6H3/i7D,9D,11D,12D,15D,16D,21D,22D,25D,26D,37D,38D. The van der Waals surface area contributed by atoms with Crippen LogP contribution in [0.3, 0.4) is 0 Å². The average molecular weight is 863 g/mol. The Morgan fingerprint density at radius 3 is 1.14 bits per heavy atom. The number of para-hydroxylation sites is 6. The number of hydrogen-bond acceptors (Lipinski definition) is 2. The van der Waals surface area contributed by atoms with E-state index in [-0.39, 0.29) is 47.6 Å². The monoisotopic (exact) mass is 862 g/mol. The molecule has 318 valence electrons. The molecule has 4 heteroatoms. The van der Waals surface area contributed by atoms with E-state index in [2.05, 4.69) is 62.5 Å². The molecule has 4 aromatic heterocycles. The Bertz CT molecular complexity index is 4370. The minimum absolute atomic E-state index is 0.0150. The Balaban J connectivity index is 1.24. The molecule has 0 spiro atoms. The molecule has 13 rings (SSSR count). The number of rotatable bonds is 6. The van der Waals surface area contributed by atoms with Gasteiger partial charge in [-0.25, -0.2) is 0 Å². The van der Waals surface area contributed by atoms with Crippen LogP contribution in [0.1, 0.15) is 69.1 Å². The minimum atomic E-state index is -0.497. The Kier molecular flexibility index (Phi) is 5.91. The highest BCUT2D eigenvalue weighted by atomic mass is 15.2. The van der Waals surface area contributed by atoms with Crippen LogP contribution < -0.4 is 9.80 Å². The van der Waals surface area contributed by atoms with Gasteiger partial charge >= 0.3 is 0 Å². The van der Waals surface area contributed by atoms with Crippen molar-refractivity contribution in [3.63, 3.8) is 0 Å². The van der Waals surface area contributed by atoms with Crippen LogP contribution in [0.4, 0.5) is 34.1 Å². The molecule has 0 amide bonds. The highest BCUT2D eigenvalue weighted by Crippen LogP contribution is 2.52. The Morgan fingerprint density at radius 2 is 0.758 bits per heavy atom. The molecule has 4 heterocycles. The van der Waals surface area contributed by atoms with Crippen LogP contribution in [0, 0.1) is 0 Å². The van der Waals surface area contributed by atoms with Gasteiger partial charge in [-0.05, 0) is 94.6 Å². The van der Waals surface area contributed by atoms with Crippen LogP contribution in [0.5, 0.6) is 0 Å². The summed E-state index contributed by atoms with van der Waals surface area (Å²) in [6.45, 7) is 12.8. The summed E-state index contributed by atoms with van der Waals surface area (Å²) in [5.74, 6) is 0. The quantitative estimate of drug-likeness (QED) is 0.165. The minimum Gasteiger partial charge on any atom is -0.310 e. The first kappa shape index (κ1) is 28.2. The molecule has 0 aliphatic carbocycles. The molecule has 0 unspecified atom stereocenters. The number of aromatic nitrogens is 2. The maximum atomic E-state index is 10.8. The largest absolute Gasteiger partial charge is 0.310 e. The summed E-state index contributed by atoms with van der Waals surface area (Å²) < 4.78 is 115. The van der Waals surface area contributed by atoms with Crippen LogP contribution in [-0.4, -0.2) is 8.80 Å². The SMILES string of the molecule is [2H]c1c([2H])c([2H])c(N(c2ccccc2)c2ccc3c4c([2H])c5c(c([2H])c4n4c6c(C(C)(C)C)cccc6c2c34)c2ccc(N(c3ccccc3)c3c([2H])c([2H])c([2H])c([2H])c3[2H])c3c4cccc(C(C)(C)C)c4n5c23)c([2H])c1[2H]. The van der Waals surface area contributed by atoms with Crippen LogP contribution in [-0.2, 0) is 10.8 Å². The van der Waals surface area contributed by atoms with E-state index in [4.69, 9.17) is 8.22 Å². The van der Waals surface area contributed by atoms with Gasteiger partial charge in [-0.2, -0.15) is 0 Å². The molecule has 13 aromatic rings. The third-order valence-corrected chi connectivity index (χ3v) is 13.3. The van der Waals surface area contributed by atoms with Gasteiger partial charge in [-0.15, -0.1) is 0 Å².